The van der Waals surface area contributed by atoms with Crippen LogP contribution in [0.1, 0.15) is 36.4 Å². The molecule has 1 amide bonds. The van der Waals surface area contributed by atoms with E-state index in [0.29, 0.717) is 53.7 Å². The number of aliphatic carboxylic acids is 1. The molecule has 0 aliphatic heterocycles. The molecule has 0 spiro atoms. The molecule has 0 radical (unpaired) electrons. The summed E-state index contributed by atoms with van der Waals surface area (Å²) in [5.74, 6) is -1.04. The highest BCUT2D eigenvalue weighted by Crippen LogP contribution is 2.30. The molecule has 12 heteroatoms. The number of carbonyl (C=O) groups excluding carboxylic acids is 1. The summed E-state index contributed by atoms with van der Waals surface area (Å²) in [5, 5.41) is 22.7. The van der Waals surface area contributed by atoms with Gasteiger partial charge in [-0.25, -0.2) is 4.98 Å². The molecule has 2 heterocycles. The number of aromatic nitrogens is 3. The molecule has 1 aromatic carbocycles. The van der Waals surface area contributed by atoms with Crippen LogP contribution in [-0.2, 0) is 4.79 Å². The lowest BCUT2D eigenvalue weighted by atomic mass is 9.87. The second kappa shape index (κ2) is 10.4. The number of pyridine rings is 1. The highest BCUT2D eigenvalue weighted by molar-refractivity contribution is 6.30. The van der Waals surface area contributed by atoms with Gasteiger partial charge in [-0.2, -0.15) is 0 Å². The van der Waals surface area contributed by atoms with Crippen molar-refractivity contribution in [3.05, 3.63) is 47.4 Å². The molecule has 1 saturated carbocycles. The van der Waals surface area contributed by atoms with Crippen LogP contribution in [-0.4, -0.2) is 45.4 Å². The Hall–Kier alpha value is -3.86. The predicted octanol–water partition coefficient (Wildman–Crippen LogP) is 4.14. The van der Waals surface area contributed by atoms with E-state index in [1.54, 1.807) is 30.3 Å². The Morgan fingerprint density at radius 1 is 1.15 bits per heavy atom. The first-order valence-electron chi connectivity index (χ1n) is 10.5. The minimum absolute atomic E-state index is 0.00487. The van der Waals surface area contributed by atoms with Gasteiger partial charge in [-0.05, 0) is 43.9 Å². The molecular weight excluding hydrogens is 466 g/mol. The average Bonchev–Trinajstić information content (AvgIpc) is 3.30. The Morgan fingerprint density at radius 2 is 1.94 bits per heavy atom. The second-order valence-corrected chi connectivity index (χ2v) is 8.09. The van der Waals surface area contributed by atoms with Crippen molar-refractivity contribution in [3.63, 3.8) is 0 Å². The van der Waals surface area contributed by atoms with E-state index >= 15 is 0 Å². The number of amides is 1. The van der Waals surface area contributed by atoms with Crippen LogP contribution in [0.3, 0.4) is 0 Å². The fourth-order valence-electron chi connectivity index (χ4n) is 3.56. The van der Waals surface area contributed by atoms with E-state index in [2.05, 4.69) is 25.8 Å². The van der Waals surface area contributed by atoms with Gasteiger partial charge in [0, 0.05) is 17.2 Å². The Kier molecular flexibility index (Phi) is 7.12. The number of benzene rings is 1. The molecular formula is C22H22ClN5O6. The first kappa shape index (κ1) is 23.3. The molecule has 0 bridgehead atoms. The lowest BCUT2D eigenvalue weighted by Crippen LogP contribution is -2.28. The summed E-state index contributed by atoms with van der Waals surface area (Å²) in [6.07, 6.45) is 3.86. The third kappa shape index (κ3) is 5.73. The number of rotatable bonds is 8. The summed E-state index contributed by atoms with van der Waals surface area (Å²) in [6.45, 7) is 0. The summed E-state index contributed by atoms with van der Waals surface area (Å²) in [4.78, 5) is 27.7. The van der Waals surface area contributed by atoms with E-state index in [0.717, 1.165) is 0 Å². The number of methoxy groups -OCH3 is 1. The smallest absolute Gasteiger partial charge is 0.320 e. The largest absolute Gasteiger partial charge is 0.495 e. The van der Waals surface area contributed by atoms with Gasteiger partial charge in [0.25, 0.3) is 0 Å². The van der Waals surface area contributed by atoms with Crippen LogP contribution in [0.5, 0.6) is 11.6 Å². The number of carboxylic acids is 1. The maximum atomic E-state index is 12.5. The number of halogens is 1. The monoisotopic (exact) mass is 487 g/mol. The van der Waals surface area contributed by atoms with Crippen molar-refractivity contribution in [1.82, 2.24) is 15.2 Å². The van der Waals surface area contributed by atoms with Crippen molar-refractivity contribution >= 4 is 40.9 Å². The Balaban J connectivity index is 1.31. The first-order chi connectivity index (χ1) is 16.4. The number of carbonyl (C=O) groups is 2. The lowest BCUT2D eigenvalue weighted by Gasteiger charge is -2.26. The van der Waals surface area contributed by atoms with Gasteiger partial charge in [0.05, 0.1) is 30.6 Å². The van der Waals surface area contributed by atoms with Gasteiger partial charge >= 0.3 is 23.8 Å². The molecule has 1 fully saturated rings. The Bertz CT molecular complexity index is 1160. The number of anilines is 3. The van der Waals surface area contributed by atoms with Crippen molar-refractivity contribution in [2.24, 2.45) is 5.92 Å². The molecule has 2 aromatic heterocycles. The van der Waals surface area contributed by atoms with Gasteiger partial charge in [0.15, 0.2) is 0 Å². The normalized spacial score (nSPS) is 17.6. The molecule has 0 atom stereocenters. The van der Waals surface area contributed by atoms with E-state index in [1.807, 2.05) is 0 Å². The van der Waals surface area contributed by atoms with Gasteiger partial charge in [0.2, 0.25) is 5.88 Å². The maximum Gasteiger partial charge on any atom is 0.320 e. The maximum absolute atomic E-state index is 12.5. The predicted molar refractivity (Wildman–Crippen MR) is 122 cm³/mol. The van der Waals surface area contributed by atoms with Crippen molar-refractivity contribution in [1.29, 1.82) is 0 Å². The summed E-state index contributed by atoms with van der Waals surface area (Å²) in [6, 6.07) is 8.24. The van der Waals surface area contributed by atoms with Crippen molar-refractivity contribution in [2.45, 2.75) is 31.8 Å². The molecule has 1 aliphatic rings. The zero-order valence-electron chi connectivity index (χ0n) is 18.2. The van der Waals surface area contributed by atoms with Gasteiger partial charge in [0.1, 0.15) is 11.9 Å². The van der Waals surface area contributed by atoms with Gasteiger partial charge in [-0.15, -0.1) is 5.10 Å². The van der Waals surface area contributed by atoms with E-state index < -0.39 is 11.9 Å². The topological polar surface area (TPSA) is 149 Å². The Morgan fingerprint density at radius 3 is 2.62 bits per heavy atom. The lowest BCUT2D eigenvalue weighted by molar-refractivity contribution is -0.143. The number of nitrogens with one attached hydrogen (secondary N) is 2. The quantitative estimate of drug-likeness (QED) is 0.423. The zero-order chi connectivity index (χ0) is 24.1. The van der Waals surface area contributed by atoms with Gasteiger partial charge in [-0.3, -0.25) is 9.59 Å². The number of hydrogen-bond donors (Lipinski definition) is 3. The standard InChI is InChI=1S/C22H22ClN5O6/c1-32-17-10-13(23)4-8-16(17)26-22-28-27-20(34-22)19(29)25-14-5-9-18(24-11-14)33-15-6-2-12(3-7-15)21(30)31/h4-5,8-12,15H,2-3,6-7H2,1H3,(H,25,29)(H,26,28)(H,30,31). The molecule has 178 valence electrons. The summed E-state index contributed by atoms with van der Waals surface area (Å²) >= 11 is 5.95. The average molecular weight is 488 g/mol. The van der Waals surface area contributed by atoms with Crippen LogP contribution >= 0.6 is 11.6 Å². The molecule has 1 aliphatic carbocycles. The summed E-state index contributed by atoms with van der Waals surface area (Å²) in [5.41, 5.74) is 0.956. The van der Waals surface area contributed by atoms with Crippen LogP contribution in [0.25, 0.3) is 0 Å². The zero-order valence-corrected chi connectivity index (χ0v) is 18.9. The molecule has 3 aromatic rings. The third-order valence-corrected chi connectivity index (χ3v) is 5.56. The van der Waals surface area contributed by atoms with Crippen molar-refractivity contribution in [2.75, 3.05) is 17.7 Å². The van der Waals surface area contributed by atoms with Crippen LogP contribution < -0.4 is 20.1 Å². The van der Waals surface area contributed by atoms with Crippen LogP contribution in [0.4, 0.5) is 17.4 Å². The van der Waals surface area contributed by atoms with Crippen LogP contribution in [0, 0.1) is 5.92 Å². The number of nitrogens with zero attached hydrogens (tertiary/aromatic N) is 3. The number of carboxylic acid groups (broad SMARTS) is 1. The highest BCUT2D eigenvalue weighted by Gasteiger charge is 2.27. The second-order valence-electron chi connectivity index (χ2n) is 7.65. The molecule has 4 rings (SSSR count). The molecule has 3 N–H and O–H groups in total. The fourth-order valence-corrected chi connectivity index (χ4v) is 3.72. The van der Waals surface area contributed by atoms with Gasteiger partial charge in [-0.1, -0.05) is 16.7 Å². The van der Waals surface area contributed by atoms with Gasteiger partial charge < -0.3 is 29.6 Å². The first-order valence-corrected chi connectivity index (χ1v) is 10.9. The van der Waals surface area contributed by atoms with Crippen molar-refractivity contribution < 1.29 is 28.6 Å². The van der Waals surface area contributed by atoms with E-state index in [4.69, 9.17) is 30.6 Å². The fraction of sp³-hybridized carbons (Fsp3) is 0.318. The third-order valence-electron chi connectivity index (χ3n) is 5.33. The minimum Gasteiger partial charge on any atom is -0.495 e. The number of ether oxygens (including phenoxy) is 2. The summed E-state index contributed by atoms with van der Waals surface area (Å²) < 4.78 is 16.5. The molecule has 11 nitrogen and oxygen atoms in total. The van der Waals surface area contributed by atoms with Crippen LogP contribution in [0.2, 0.25) is 5.02 Å². The summed E-state index contributed by atoms with van der Waals surface area (Å²) in [7, 11) is 1.50. The van der Waals surface area contributed by atoms with E-state index in [9.17, 15) is 9.59 Å². The minimum atomic E-state index is -0.759. The molecule has 34 heavy (non-hydrogen) atoms. The van der Waals surface area contributed by atoms with E-state index in [-0.39, 0.29) is 23.9 Å². The number of hydrogen-bond acceptors (Lipinski definition) is 9. The highest BCUT2D eigenvalue weighted by atomic mass is 35.5. The van der Waals surface area contributed by atoms with Crippen molar-refractivity contribution in [3.8, 4) is 11.6 Å². The molecule has 0 saturated heterocycles. The van der Waals surface area contributed by atoms with E-state index in [1.165, 1.54) is 13.3 Å². The Labute approximate surface area is 199 Å². The van der Waals surface area contributed by atoms with Crippen LogP contribution in [0.15, 0.2) is 40.9 Å². The SMILES string of the molecule is COc1cc(Cl)ccc1Nc1nnc(C(=O)Nc2ccc(OC3CCC(C(=O)O)CC3)nc2)o1. The molecule has 0 unspecified atom stereocenters.